The van der Waals surface area contributed by atoms with Crippen LogP contribution in [-0.4, -0.2) is 22.5 Å². The van der Waals surface area contributed by atoms with Gasteiger partial charge in [-0.2, -0.15) is 0 Å². The van der Waals surface area contributed by atoms with Crippen LogP contribution < -0.4 is 0 Å². The van der Waals surface area contributed by atoms with Gasteiger partial charge in [0.2, 0.25) is 0 Å². The molecule has 1 heterocycles. The molecular formula is C11H13BrN2O4. The van der Waals surface area contributed by atoms with Gasteiger partial charge in [-0.05, 0) is 38.2 Å². The third-order valence-corrected chi connectivity index (χ3v) is 2.81. The summed E-state index contributed by atoms with van der Waals surface area (Å²) in [5, 5.41) is 10.6. The number of nitrogens with zero attached hydrogens (tertiary/aromatic N) is 2. The predicted octanol–water partition coefficient (Wildman–Crippen LogP) is 2.96. The lowest BCUT2D eigenvalue weighted by Crippen LogP contribution is -2.09. The van der Waals surface area contributed by atoms with Gasteiger partial charge in [-0.15, -0.1) is 0 Å². The Labute approximate surface area is 113 Å². The second-order valence-electron chi connectivity index (χ2n) is 4.10. The minimum absolute atomic E-state index is 0.112. The van der Waals surface area contributed by atoms with E-state index in [4.69, 9.17) is 4.74 Å². The summed E-state index contributed by atoms with van der Waals surface area (Å²) in [6, 6.07) is 1.10. The molecule has 0 aliphatic heterocycles. The molecular weight excluding hydrogens is 304 g/mol. The van der Waals surface area contributed by atoms with Crippen LogP contribution in [0.25, 0.3) is 0 Å². The summed E-state index contributed by atoms with van der Waals surface area (Å²) in [5.74, 6) is -0.546. The number of esters is 1. The average Bonchev–Trinajstić information content (AvgIpc) is 2.28. The van der Waals surface area contributed by atoms with Crippen LogP contribution >= 0.6 is 15.9 Å². The molecule has 7 heteroatoms. The number of hydrogen-bond donors (Lipinski definition) is 0. The van der Waals surface area contributed by atoms with Crippen molar-refractivity contribution in [1.82, 2.24) is 4.98 Å². The van der Waals surface area contributed by atoms with E-state index in [1.54, 1.807) is 0 Å². The molecule has 18 heavy (non-hydrogen) atoms. The summed E-state index contributed by atoms with van der Waals surface area (Å²) in [7, 11) is 0. The third-order valence-electron chi connectivity index (χ3n) is 2.18. The monoisotopic (exact) mass is 316 g/mol. The van der Waals surface area contributed by atoms with E-state index < -0.39 is 10.9 Å². The standard InChI is InChI=1S/C11H13BrN2O4/c1-7(2)3-4-18-11(15)8-5-10(14(16)17)13-6-9(8)12/h5-7H,3-4H2,1-2H3. The highest BCUT2D eigenvalue weighted by molar-refractivity contribution is 9.10. The fourth-order valence-corrected chi connectivity index (χ4v) is 1.53. The number of nitro groups is 1. The highest BCUT2D eigenvalue weighted by Gasteiger charge is 2.18. The first-order chi connectivity index (χ1) is 8.41. The molecule has 0 atom stereocenters. The second-order valence-corrected chi connectivity index (χ2v) is 4.95. The maximum atomic E-state index is 11.7. The smallest absolute Gasteiger partial charge is 0.364 e. The first-order valence-corrected chi connectivity index (χ1v) is 6.18. The Morgan fingerprint density at radius 2 is 2.28 bits per heavy atom. The Hall–Kier alpha value is -1.50. The van der Waals surface area contributed by atoms with Crippen LogP contribution in [0, 0.1) is 16.0 Å². The number of rotatable bonds is 5. The average molecular weight is 317 g/mol. The van der Waals surface area contributed by atoms with E-state index in [1.807, 2.05) is 13.8 Å². The fraction of sp³-hybridized carbons (Fsp3) is 0.455. The molecule has 1 aromatic heterocycles. The molecule has 0 N–H and O–H groups in total. The second kappa shape index (κ2) is 6.44. The van der Waals surface area contributed by atoms with Gasteiger partial charge in [0, 0.05) is 0 Å². The normalized spacial score (nSPS) is 10.4. The number of aromatic nitrogens is 1. The van der Waals surface area contributed by atoms with E-state index in [9.17, 15) is 14.9 Å². The van der Waals surface area contributed by atoms with E-state index in [0.29, 0.717) is 17.0 Å². The van der Waals surface area contributed by atoms with Gasteiger partial charge >= 0.3 is 11.8 Å². The highest BCUT2D eigenvalue weighted by Crippen LogP contribution is 2.20. The van der Waals surface area contributed by atoms with E-state index in [-0.39, 0.29) is 11.4 Å². The van der Waals surface area contributed by atoms with Gasteiger partial charge < -0.3 is 14.9 Å². The van der Waals surface area contributed by atoms with Crippen molar-refractivity contribution in [2.75, 3.05) is 6.61 Å². The molecule has 1 rings (SSSR count). The SMILES string of the molecule is CC(C)CCOC(=O)c1cc([N+](=O)[O-])ncc1Br. The summed E-state index contributed by atoms with van der Waals surface area (Å²) in [6.45, 7) is 4.32. The van der Waals surface area contributed by atoms with Crippen molar-refractivity contribution in [2.24, 2.45) is 5.92 Å². The lowest BCUT2D eigenvalue weighted by molar-refractivity contribution is -0.389. The number of pyridine rings is 1. The zero-order valence-corrected chi connectivity index (χ0v) is 11.6. The van der Waals surface area contributed by atoms with Crippen molar-refractivity contribution in [2.45, 2.75) is 20.3 Å². The van der Waals surface area contributed by atoms with Gasteiger partial charge in [0.05, 0.1) is 22.7 Å². The van der Waals surface area contributed by atoms with Crippen molar-refractivity contribution in [3.63, 3.8) is 0 Å². The van der Waals surface area contributed by atoms with Crippen LogP contribution in [0.4, 0.5) is 5.82 Å². The van der Waals surface area contributed by atoms with Crippen LogP contribution in [0.3, 0.4) is 0 Å². The Bertz CT molecular complexity index is 462. The first-order valence-electron chi connectivity index (χ1n) is 5.39. The Morgan fingerprint density at radius 1 is 1.61 bits per heavy atom. The zero-order chi connectivity index (χ0) is 13.7. The number of carbonyl (C=O) groups excluding carboxylic acids is 1. The van der Waals surface area contributed by atoms with Crippen LogP contribution in [0.15, 0.2) is 16.7 Å². The van der Waals surface area contributed by atoms with Gasteiger partial charge in [0.25, 0.3) is 0 Å². The number of carbonyl (C=O) groups is 1. The third kappa shape index (κ3) is 4.06. The van der Waals surface area contributed by atoms with Crippen LogP contribution in [0.2, 0.25) is 0 Å². The molecule has 0 radical (unpaired) electrons. The molecule has 0 spiro atoms. The lowest BCUT2D eigenvalue weighted by atomic mass is 10.1. The molecule has 0 bridgehead atoms. The number of ether oxygens (including phenoxy) is 1. The Morgan fingerprint density at radius 3 is 2.83 bits per heavy atom. The molecule has 0 saturated heterocycles. The molecule has 0 fully saturated rings. The number of halogens is 1. The summed E-state index contributed by atoms with van der Waals surface area (Å²) < 4.78 is 5.41. The maximum Gasteiger partial charge on any atom is 0.364 e. The molecule has 0 aliphatic rings. The minimum Gasteiger partial charge on any atom is -0.462 e. The summed E-state index contributed by atoms with van der Waals surface area (Å²) in [5.41, 5.74) is 0.112. The highest BCUT2D eigenvalue weighted by atomic mass is 79.9. The fourth-order valence-electron chi connectivity index (χ4n) is 1.15. The first kappa shape index (κ1) is 14.6. The number of hydrogen-bond acceptors (Lipinski definition) is 5. The quantitative estimate of drug-likeness (QED) is 0.474. The van der Waals surface area contributed by atoms with Gasteiger partial charge in [0.15, 0.2) is 6.20 Å². The van der Waals surface area contributed by atoms with E-state index in [1.165, 1.54) is 6.20 Å². The predicted molar refractivity (Wildman–Crippen MR) is 68.3 cm³/mol. The van der Waals surface area contributed by atoms with Gasteiger partial charge in [-0.1, -0.05) is 13.8 Å². The molecule has 0 aromatic carbocycles. The van der Waals surface area contributed by atoms with E-state index >= 15 is 0 Å². The summed E-state index contributed by atoms with van der Waals surface area (Å²) in [6.07, 6.45) is 1.97. The van der Waals surface area contributed by atoms with Crippen LogP contribution in [-0.2, 0) is 4.74 Å². The topological polar surface area (TPSA) is 82.3 Å². The molecule has 6 nitrogen and oxygen atoms in total. The Kier molecular flexibility index (Phi) is 5.21. The zero-order valence-electron chi connectivity index (χ0n) is 10.1. The van der Waals surface area contributed by atoms with E-state index in [2.05, 4.69) is 20.9 Å². The summed E-state index contributed by atoms with van der Waals surface area (Å²) in [4.78, 5) is 25.2. The van der Waals surface area contributed by atoms with Crippen molar-refractivity contribution in [3.05, 3.63) is 32.4 Å². The minimum atomic E-state index is -0.655. The van der Waals surface area contributed by atoms with Gasteiger partial charge in [0.1, 0.15) is 0 Å². The van der Waals surface area contributed by atoms with Crippen molar-refractivity contribution >= 4 is 27.7 Å². The molecule has 98 valence electrons. The Balaban J connectivity index is 2.78. The molecule has 0 amide bonds. The molecule has 0 aliphatic carbocycles. The van der Waals surface area contributed by atoms with Crippen LogP contribution in [0.5, 0.6) is 0 Å². The lowest BCUT2D eigenvalue weighted by Gasteiger charge is -2.07. The van der Waals surface area contributed by atoms with Crippen LogP contribution in [0.1, 0.15) is 30.6 Å². The van der Waals surface area contributed by atoms with Crippen molar-refractivity contribution < 1.29 is 14.5 Å². The largest absolute Gasteiger partial charge is 0.462 e. The van der Waals surface area contributed by atoms with Gasteiger partial charge in [-0.3, -0.25) is 0 Å². The molecule has 1 aromatic rings. The van der Waals surface area contributed by atoms with Gasteiger partial charge in [-0.25, -0.2) is 4.79 Å². The summed E-state index contributed by atoms with van der Waals surface area (Å²) >= 11 is 3.12. The molecule has 0 unspecified atom stereocenters. The van der Waals surface area contributed by atoms with Crippen molar-refractivity contribution in [3.8, 4) is 0 Å². The molecule has 0 saturated carbocycles. The van der Waals surface area contributed by atoms with Crippen molar-refractivity contribution in [1.29, 1.82) is 0 Å². The maximum absolute atomic E-state index is 11.7. The van der Waals surface area contributed by atoms with E-state index in [0.717, 1.165) is 12.5 Å².